The second-order valence-electron chi connectivity index (χ2n) is 8.60. The minimum atomic E-state index is 0.127. The molecular formula is C26H28N6O. The molecular weight excluding hydrogens is 412 g/mol. The van der Waals surface area contributed by atoms with Crippen LogP contribution in [0.4, 0.5) is 5.82 Å². The summed E-state index contributed by atoms with van der Waals surface area (Å²) in [7, 11) is 0. The molecule has 7 nitrogen and oxygen atoms in total. The van der Waals surface area contributed by atoms with Gasteiger partial charge >= 0.3 is 0 Å². The van der Waals surface area contributed by atoms with Gasteiger partial charge in [-0.3, -0.25) is 4.79 Å². The first-order chi connectivity index (χ1) is 16.1. The third-order valence-electron chi connectivity index (χ3n) is 6.18. The minimum absolute atomic E-state index is 0.127. The lowest BCUT2D eigenvalue weighted by atomic mass is 10.1. The maximum atomic E-state index is 11.9. The summed E-state index contributed by atoms with van der Waals surface area (Å²) in [5.74, 6) is 1.79. The summed E-state index contributed by atoms with van der Waals surface area (Å²) in [6.07, 6.45) is 3.42. The van der Waals surface area contributed by atoms with Crippen molar-refractivity contribution in [2.75, 3.05) is 31.1 Å². The van der Waals surface area contributed by atoms with Crippen LogP contribution in [0.3, 0.4) is 0 Å². The number of carbonyl (C=O) groups is 1. The van der Waals surface area contributed by atoms with E-state index in [0.29, 0.717) is 13.0 Å². The predicted octanol–water partition coefficient (Wildman–Crippen LogP) is 3.77. The van der Waals surface area contributed by atoms with Crippen molar-refractivity contribution in [3.8, 4) is 5.69 Å². The van der Waals surface area contributed by atoms with Gasteiger partial charge in [0.1, 0.15) is 11.6 Å². The van der Waals surface area contributed by atoms with E-state index in [2.05, 4.69) is 41.2 Å². The maximum absolute atomic E-state index is 11.9. The molecule has 0 unspecified atom stereocenters. The molecule has 5 rings (SSSR count). The van der Waals surface area contributed by atoms with Gasteiger partial charge in [-0.2, -0.15) is 5.10 Å². The van der Waals surface area contributed by atoms with Gasteiger partial charge < -0.3 is 9.80 Å². The number of nitrogens with zero attached hydrogens (tertiary/aromatic N) is 6. The zero-order valence-electron chi connectivity index (χ0n) is 19.1. The lowest BCUT2D eigenvalue weighted by molar-refractivity contribution is -0.128. The molecule has 0 N–H and O–H groups in total. The number of fused-ring (bicyclic) bond motifs is 1. The van der Waals surface area contributed by atoms with E-state index in [4.69, 9.17) is 9.97 Å². The van der Waals surface area contributed by atoms with Crippen LogP contribution < -0.4 is 4.90 Å². The molecule has 0 aliphatic carbocycles. The largest absolute Gasteiger partial charge is 0.354 e. The molecule has 1 amide bonds. The molecule has 0 atom stereocenters. The molecule has 2 aromatic heterocycles. The Morgan fingerprint density at radius 2 is 1.73 bits per heavy atom. The zero-order chi connectivity index (χ0) is 22.8. The van der Waals surface area contributed by atoms with Crippen molar-refractivity contribution in [2.45, 2.75) is 26.7 Å². The van der Waals surface area contributed by atoms with Gasteiger partial charge in [0.05, 0.1) is 17.3 Å². The smallest absolute Gasteiger partial charge is 0.219 e. The van der Waals surface area contributed by atoms with Crippen LogP contribution in [-0.4, -0.2) is 56.7 Å². The van der Waals surface area contributed by atoms with E-state index in [1.807, 2.05) is 46.1 Å². The van der Waals surface area contributed by atoms with Crippen LogP contribution in [-0.2, 0) is 11.2 Å². The third kappa shape index (κ3) is 4.44. The molecule has 0 spiro atoms. The summed E-state index contributed by atoms with van der Waals surface area (Å²) in [5.41, 5.74) is 4.19. The number of carbonyl (C=O) groups excluding carboxylic acids is 1. The molecule has 1 aliphatic rings. The van der Waals surface area contributed by atoms with Gasteiger partial charge in [0, 0.05) is 39.5 Å². The lowest BCUT2D eigenvalue weighted by Gasteiger charge is -2.23. The zero-order valence-corrected chi connectivity index (χ0v) is 19.1. The Hall–Kier alpha value is -3.74. The SMILES string of the molecule is CC(=O)N1CCCN(c2nc(Cc3ccc(C)cc3)nc3c2cnn3-c2ccccc2)CC1. The van der Waals surface area contributed by atoms with E-state index in [0.717, 1.165) is 54.4 Å². The molecule has 33 heavy (non-hydrogen) atoms. The molecule has 168 valence electrons. The quantitative estimate of drug-likeness (QED) is 0.483. The number of rotatable bonds is 4. The summed E-state index contributed by atoms with van der Waals surface area (Å²) in [6.45, 7) is 6.79. The standard InChI is InChI=1S/C26H28N6O/c1-19-9-11-21(12-10-19)17-24-28-25(31-14-6-13-30(15-16-31)20(2)33)23-18-27-32(26(23)29-24)22-7-4-3-5-8-22/h3-5,7-12,18H,6,13-17H2,1-2H3. The van der Waals surface area contributed by atoms with Crippen LogP contribution >= 0.6 is 0 Å². The Morgan fingerprint density at radius 3 is 2.48 bits per heavy atom. The lowest BCUT2D eigenvalue weighted by Crippen LogP contribution is -2.34. The highest BCUT2D eigenvalue weighted by Crippen LogP contribution is 2.27. The highest BCUT2D eigenvalue weighted by atomic mass is 16.2. The van der Waals surface area contributed by atoms with Gasteiger partial charge in [0.15, 0.2) is 5.65 Å². The van der Waals surface area contributed by atoms with Crippen LogP contribution in [0.5, 0.6) is 0 Å². The maximum Gasteiger partial charge on any atom is 0.219 e. The molecule has 0 radical (unpaired) electrons. The molecule has 3 heterocycles. The van der Waals surface area contributed by atoms with Crippen molar-refractivity contribution in [3.05, 3.63) is 77.7 Å². The molecule has 1 aliphatic heterocycles. The van der Waals surface area contributed by atoms with Gasteiger partial charge in [0.2, 0.25) is 5.91 Å². The molecule has 1 fully saturated rings. The molecule has 0 bridgehead atoms. The van der Waals surface area contributed by atoms with Crippen molar-refractivity contribution in [1.29, 1.82) is 0 Å². The number of amides is 1. The van der Waals surface area contributed by atoms with E-state index in [1.54, 1.807) is 6.92 Å². The van der Waals surface area contributed by atoms with Crippen molar-refractivity contribution < 1.29 is 4.79 Å². The number of aromatic nitrogens is 4. The van der Waals surface area contributed by atoms with Gasteiger partial charge in [0.25, 0.3) is 0 Å². The predicted molar refractivity (Wildman–Crippen MR) is 130 cm³/mol. The molecule has 7 heteroatoms. The molecule has 4 aromatic rings. The van der Waals surface area contributed by atoms with E-state index in [9.17, 15) is 4.79 Å². The summed E-state index contributed by atoms with van der Waals surface area (Å²) in [5, 5.41) is 5.60. The normalized spacial score (nSPS) is 14.5. The first kappa shape index (κ1) is 21.1. The fraction of sp³-hybridized carbons (Fsp3) is 0.308. The Morgan fingerprint density at radius 1 is 0.939 bits per heavy atom. The van der Waals surface area contributed by atoms with E-state index < -0.39 is 0 Å². The Kier molecular flexibility index (Phi) is 5.77. The van der Waals surface area contributed by atoms with E-state index >= 15 is 0 Å². The molecule has 2 aromatic carbocycles. The summed E-state index contributed by atoms with van der Waals surface area (Å²) < 4.78 is 1.89. The average Bonchev–Trinajstić information content (AvgIpc) is 3.09. The van der Waals surface area contributed by atoms with Crippen LogP contribution in [0.2, 0.25) is 0 Å². The van der Waals surface area contributed by atoms with Gasteiger partial charge in [-0.15, -0.1) is 0 Å². The first-order valence-electron chi connectivity index (χ1n) is 11.4. The monoisotopic (exact) mass is 440 g/mol. The second-order valence-corrected chi connectivity index (χ2v) is 8.60. The van der Waals surface area contributed by atoms with E-state index in [1.165, 1.54) is 11.1 Å². The Labute approximate surface area is 193 Å². The van der Waals surface area contributed by atoms with Crippen molar-refractivity contribution in [2.24, 2.45) is 0 Å². The number of anilines is 1. The van der Waals surface area contributed by atoms with Crippen LogP contribution in [0, 0.1) is 6.92 Å². The number of para-hydroxylation sites is 1. The third-order valence-corrected chi connectivity index (χ3v) is 6.18. The summed E-state index contributed by atoms with van der Waals surface area (Å²) >= 11 is 0. The van der Waals surface area contributed by atoms with Gasteiger partial charge in [-0.05, 0) is 31.0 Å². The van der Waals surface area contributed by atoms with Crippen LogP contribution in [0.15, 0.2) is 60.8 Å². The fourth-order valence-corrected chi connectivity index (χ4v) is 4.35. The summed E-state index contributed by atoms with van der Waals surface area (Å²) in [4.78, 5) is 26.1. The number of benzene rings is 2. The average molecular weight is 441 g/mol. The Balaban J connectivity index is 1.58. The highest BCUT2D eigenvalue weighted by Gasteiger charge is 2.22. The van der Waals surface area contributed by atoms with Gasteiger partial charge in [-0.25, -0.2) is 14.6 Å². The second kappa shape index (κ2) is 9.02. The van der Waals surface area contributed by atoms with Crippen molar-refractivity contribution in [3.63, 3.8) is 0 Å². The van der Waals surface area contributed by atoms with Crippen LogP contribution in [0.1, 0.15) is 30.3 Å². The first-order valence-corrected chi connectivity index (χ1v) is 11.4. The summed E-state index contributed by atoms with van der Waals surface area (Å²) in [6, 6.07) is 18.6. The number of aryl methyl sites for hydroxylation is 1. The van der Waals surface area contributed by atoms with Crippen molar-refractivity contribution >= 4 is 22.8 Å². The van der Waals surface area contributed by atoms with Gasteiger partial charge in [-0.1, -0.05) is 48.0 Å². The molecule has 0 saturated carbocycles. The van der Waals surface area contributed by atoms with Crippen LogP contribution in [0.25, 0.3) is 16.7 Å². The van der Waals surface area contributed by atoms with E-state index in [-0.39, 0.29) is 5.91 Å². The highest BCUT2D eigenvalue weighted by molar-refractivity contribution is 5.88. The van der Waals surface area contributed by atoms with Crippen molar-refractivity contribution in [1.82, 2.24) is 24.6 Å². The fourth-order valence-electron chi connectivity index (χ4n) is 4.35. The Bertz CT molecular complexity index is 1270. The molecule has 1 saturated heterocycles. The number of hydrogen-bond donors (Lipinski definition) is 0. The number of hydrogen-bond acceptors (Lipinski definition) is 5. The minimum Gasteiger partial charge on any atom is -0.354 e. The topological polar surface area (TPSA) is 67.2 Å².